The third-order valence-corrected chi connectivity index (χ3v) is 8.70. The minimum atomic E-state index is -5.08. The second-order valence-corrected chi connectivity index (χ2v) is 12.0. The molecule has 1 aromatic heterocycles. The SMILES string of the molecule is C=CC(=O)Nc1cccc(S(=O)(=O)N2CCC(NC(=O)c3[nH]ncc3NC(=O)c3c(Cl)cccc3OC)CC2)c1.O=C(O)C(F)(F)F. The van der Waals surface area contributed by atoms with Crippen LogP contribution in [0.2, 0.25) is 5.02 Å². The number of aromatic amines is 1. The van der Waals surface area contributed by atoms with Crippen molar-refractivity contribution in [1.29, 1.82) is 0 Å². The number of H-pyrrole nitrogens is 1. The number of halogens is 4. The van der Waals surface area contributed by atoms with Crippen LogP contribution in [0.3, 0.4) is 0 Å². The van der Waals surface area contributed by atoms with E-state index in [0.29, 0.717) is 18.5 Å². The second kappa shape index (κ2) is 15.6. The Hall–Kier alpha value is -4.94. The molecule has 0 bridgehead atoms. The van der Waals surface area contributed by atoms with Crippen molar-refractivity contribution in [2.75, 3.05) is 30.8 Å². The van der Waals surface area contributed by atoms with E-state index in [9.17, 15) is 36.0 Å². The Bertz CT molecular complexity index is 1760. The molecule has 1 saturated heterocycles. The predicted octanol–water partition coefficient (Wildman–Crippen LogP) is 3.66. The number of nitrogens with zero attached hydrogens (tertiary/aromatic N) is 2. The number of amides is 3. The van der Waals surface area contributed by atoms with E-state index in [0.717, 1.165) is 6.08 Å². The first kappa shape index (κ1) is 36.5. The molecule has 47 heavy (non-hydrogen) atoms. The Morgan fingerprint density at radius 1 is 1.11 bits per heavy atom. The standard InChI is InChI=1S/C26H27ClN6O6S.C2HF3O2/c1-3-22(34)29-17-6-4-7-18(14-17)40(37,38)33-12-10-16(11-13-33)30-26(36)24-20(15-28-32-24)31-25(35)23-19(27)8-5-9-21(23)39-2;3-2(4,5)1(6)7/h3-9,14-16H,1,10-13H2,2H3,(H,28,32)(H,29,34)(H,30,36)(H,31,35);(H,6,7). The maximum absolute atomic E-state index is 13.2. The average Bonchev–Trinajstić information content (AvgIpc) is 3.49. The molecule has 3 aromatic rings. The number of rotatable bonds is 9. The molecule has 1 aliphatic heterocycles. The first-order valence-electron chi connectivity index (χ1n) is 13.4. The van der Waals surface area contributed by atoms with Crippen molar-refractivity contribution in [2.45, 2.75) is 30.0 Å². The molecule has 4 rings (SSSR count). The number of carbonyl (C=O) groups excluding carboxylic acids is 3. The molecule has 19 heteroatoms. The zero-order valence-corrected chi connectivity index (χ0v) is 26.0. The summed E-state index contributed by atoms with van der Waals surface area (Å²) in [5, 5.41) is 21.8. The normalized spacial score (nSPS) is 13.8. The topological polar surface area (TPSA) is 200 Å². The van der Waals surface area contributed by atoms with Crippen LogP contribution in [0, 0.1) is 0 Å². The monoisotopic (exact) mass is 700 g/mol. The first-order valence-corrected chi connectivity index (χ1v) is 15.2. The Balaban J connectivity index is 0.000000771. The molecule has 14 nitrogen and oxygen atoms in total. The molecule has 0 radical (unpaired) electrons. The van der Waals surface area contributed by atoms with Crippen LogP contribution < -0.4 is 20.7 Å². The smallest absolute Gasteiger partial charge is 0.490 e. The van der Waals surface area contributed by atoms with Gasteiger partial charge in [0, 0.05) is 24.8 Å². The number of carbonyl (C=O) groups is 4. The number of piperidine rings is 1. The van der Waals surface area contributed by atoms with E-state index in [2.05, 4.69) is 32.7 Å². The number of sulfonamides is 1. The van der Waals surface area contributed by atoms with Gasteiger partial charge in [-0.2, -0.15) is 22.6 Å². The number of aromatic nitrogens is 2. The van der Waals surface area contributed by atoms with Crippen molar-refractivity contribution < 1.29 is 50.6 Å². The first-order chi connectivity index (χ1) is 22.1. The number of methoxy groups -OCH3 is 1. The van der Waals surface area contributed by atoms with E-state index in [1.165, 1.54) is 29.7 Å². The third-order valence-electron chi connectivity index (χ3n) is 6.49. The van der Waals surface area contributed by atoms with Crippen LogP contribution >= 0.6 is 11.6 Å². The third kappa shape index (κ3) is 9.53. The lowest BCUT2D eigenvalue weighted by Crippen LogP contribution is -2.46. The van der Waals surface area contributed by atoms with E-state index < -0.39 is 39.9 Å². The van der Waals surface area contributed by atoms with Crippen molar-refractivity contribution in [1.82, 2.24) is 19.8 Å². The molecule has 0 spiro atoms. The number of anilines is 2. The summed E-state index contributed by atoms with van der Waals surface area (Å²) in [6, 6.07) is 10.4. The van der Waals surface area contributed by atoms with Gasteiger partial charge in [0.2, 0.25) is 15.9 Å². The van der Waals surface area contributed by atoms with Gasteiger partial charge in [-0.25, -0.2) is 13.2 Å². The molecular weight excluding hydrogens is 673 g/mol. The number of hydrogen-bond acceptors (Lipinski definition) is 8. The van der Waals surface area contributed by atoms with Gasteiger partial charge in [-0.1, -0.05) is 30.3 Å². The van der Waals surface area contributed by atoms with E-state index in [1.807, 2.05) is 0 Å². The Kier molecular flexibility index (Phi) is 12.1. The van der Waals surface area contributed by atoms with Crippen LogP contribution in [0.5, 0.6) is 5.75 Å². The van der Waals surface area contributed by atoms with Crippen molar-refractivity contribution in [3.63, 3.8) is 0 Å². The van der Waals surface area contributed by atoms with Crippen LogP contribution in [0.25, 0.3) is 0 Å². The summed E-state index contributed by atoms with van der Waals surface area (Å²) in [6.45, 7) is 3.73. The van der Waals surface area contributed by atoms with Crippen molar-refractivity contribution in [2.24, 2.45) is 0 Å². The maximum Gasteiger partial charge on any atom is 0.490 e. The fourth-order valence-electron chi connectivity index (χ4n) is 4.21. The lowest BCUT2D eigenvalue weighted by Gasteiger charge is -2.31. The molecule has 1 fully saturated rings. The highest BCUT2D eigenvalue weighted by molar-refractivity contribution is 7.89. The zero-order valence-electron chi connectivity index (χ0n) is 24.4. The van der Waals surface area contributed by atoms with Crippen LogP contribution in [-0.2, 0) is 19.6 Å². The maximum atomic E-state index is 13.2. The average molecular weight is 701 g/mol. The van der Waals surface area contributed by atoms with Crippen LogP contribution in [-0.4, -0.2) is 84.1 Å². The van der Waals surface area contributed by atoms with Gasteiger partial charge in [-0.15, -0.1) is 0 Å². The summed E-state index contributed by atoms with van der Waals surface area (Å²) in [7, 11) is -2.41. The number of carboxylic acid groups (broad SMARTS) is 1. The molecular formula is C28H28ClF3N6O8S. The van der Waals surface area contributed by atoms with Gasteiger partial charge in [-0.05, 0) is 49.2 Å². The molecule has 0 aliphatic carbocycles. The molecule has 2 aromatic carbocycles. The lowest BCUT2D eigenvalue weighted by atomic mass is 10.1. The highest BCUT2D eigenvalue weighted by atomic mass is 35.5. The van der Waals surface area contributed by atoms with E-state index in [4.69, 9.17) is 26.2 Å². The Labute approximate surface area is 271 Å². The molecule has 2 heterocycles. The summed E-state index contributed by atoms with van der Waals surface area (Å²) in [5.74, 6) is -4.02. The van der Waals surface area contributed by atoms with E-state index in [-0.39, 0.29) is 51.7 Å². The molecule has 1 aliphatic rings. The molecule has 0 unspecified atom stereocenters. The summed E-state index contributed by atoms with van der Waals surface area (Å²) in [4.78, 5) is 46.4. The van der Waals surface area contributed by atoms with Crippen molar-refractivity contribution in [3.8, 4) is 5.75 Å². The van der Waals surface area contributed by atoms with Crippen molar-refractivity contribution in [3.05, 3.63) is 77.6 Å². The highest BCUT2D eigenvalue weighted by Crippen LogP contribution is 2.28. The second-order valence-electron chi connectivity index (χ2n) is 9.61. The summed E-state index contributed by atoms with van der Waals surface area (Å²) >= 11 is 6.18. The minimum absolute atomic E-state index is 0.0350. The van der Waals surface area contributed by atoms with Crippen molar-refractivity contribution >= 4 is 56.7 Å². The largest absolute Gasteiger partial charge is 0.496 e. The zero-order chi connectivity index (χ0) is 34.9. The number of alkyl halides is 3. The van der Waals surface area contributed by atoms with Crippen LogP contribution in [0.1, 0.15) is 33.7 Å². The van der Waals surface area contributed by atoms with E-state index >= 15 is 0 Å². The summed E-state index contributed by atoms with van der Waals surface area (Å²) < 4.78 is 64.6. The van der Waals surface area contributed by atoms with Crippen LogP contribution in [0.15, 0.2) is 66.2 Å². The molecule has 5 N–H and O–H groups in total. The van der Waals surface area contributed by atoms with Gasteiger partial charge in [0.15, 0.2) is 0 Å². The molecule has 0 saturated carbocycles. The number of benzene rings is 2. The van der Waals surface area contributed by atoms with Gasteiger partial charge < -0.3 is 25.8 Å². The highest BCUT2D eigenvalue weighted by Gasteiger charge is 2.38. The summed E-state index contributed by atoms with van der Waals surface area (Å²) in [5.41, 5.74) is 0.630. The number of hydrogen-bond donors (Lipinski definition) is 5. The fourth-order valence-corrected chi connectivity index (χ4v) is 5.98. The quantitative estimate of drug-likeness (QED) is 0.207. The summed E-state index contributed by atoms with van der Waals surface area (Å²) in [6.07, 6.45) is -1.96. The van der Waals surface area contributed by atoms with E-state index in [1.54, 1.807) is 30.3 Å². The number of nitrogens with one attached hydrogen (secondary N) is 4. The molecule has 3 amide bonds. The van der Waals surface area contributed by atoms with Gasteiger partial charge in [-0.3, -0.25) is 19.5 Å². The van der Waals surface area contributed by atoms with Gasteiger partial charge >= 0.3 is 12.1 Å². The van der Waals surface area contributed by atoms with Crippen LogP contribution in [0.4, 0.5) is 24.5 Å². The number of carboxylic acids is 1. The molecule has 0 atom stereocenters. The molecule has 252 valence electrons. The van der Waals surface area contributed by atoms with Gasteiger partial charge in [0.05, 0.1) is 28.9 Å². The van der Waals surface area contributed by atoms with Gasteiger partial charge in [0.25, 0.3) is 11.8 Å². The number of ether oxygens (including phenoxy) is 1. The Morgan fingerprint density at radius 2 is 1.74 bits per heavy atom. The fraction of sp³-hybridized carbons (Fsp3) is 0.250. The lowest BCUT2D eigenvalue weighted by molar-refractivity contribution is -0.192. The van der Waals surface area contributed by atoms with Gasteiger partial charge in [0.1, 0.15) is 17.0 Å². The minimum Gasteiger partial charge on any atom is -0.496 e. The predicted molar refractivity (Wildman–Crippen MR) is 163 cm³/mol. The Morgan fingerprint density at radius 3 is 2.34 bits per heavy atom. The number of aliphatic carboxylic acids is 1.